The van der Waals surface area contributed by atoms with Gasteiger partial charge >= 0.3 is 6.18 Å². The second-order valence-corrected chi connectivity index (χ2v) is 4.44. The lowest BCUT2D eigenvalue weighted by molar-refractivity contribution is -0.137. The molecule has 0 aliphatic carbocycles. The summed E-state index contributed by atoms with van der Waals surface area (Å²) in [6.45, 7) is 1.94. The van der Waals surface area contributed by atoms with Gasteiger partial charge in [-0.1, -0.05) is 11.6 Å². The smallest absolute Gasteiger partial charge is 0.355 e. The summed E-state index contributed by atoms with van der Waals surface area (Å²) >= 11 is 5.80. The van der Waals surface area contributed by atoms with Gasteiger partial charge < -0.3 is 10.6 Å². The Balaban J connectivity index is 2.16. The number of alkyl halides is 3. The molecule has 3 nitrogen and oxygen atoms in total. The molecule has 0 saturated carbocycles. The summed E-state index contributed by atoms with van der Waals surface area (Å²) in [5, 5.41) is 0.0234. The molecule has 94 valence electrons. The fourth-order valence-electron chi connectivity index (χ4n) is 1.71. The van der Waals surface area contributed by atoms with Gasteiger partial charge in [0.1, 0.15) is 5.82 Å². The van der Waals surface area contributed by atoms with Crippen LogP contribution in [0.3, 0.4) is 0 Å². The molecule has 1 aromatic heterocycles. The highest BCUT2D eigenvalue weighted by Gasteiger charge is 2.33. The van der Waals surface area contributed by atoms with Crippen LogP contribution in [-0.2, 0) is 6.18 Å². The van der Waals surface area contributed by atoms with Crippen molar-refractivity contribution in [2.45, 2.75) is 6.18 Å². The number of pyridine rings is 1. The summed E-state index contributed by atoms with van der Waals surface area (Å²) in [7, 11) is 0. The zero-order valence-electron chi connectivity index (χ0n) is 8.84. The van der Waals surface area contributed by atoms with E-state index in [9.17, 15) is 13.2 Å². The SMILES string of the molecule is NCC1CN(c2ncc(C(F)(F)F)cc2Cl)C1. The van der Waals surface area contributed by atoms with Crippen molar-refractivity contribution in [2.75, 3.05) is 24.5 Å². The molecule has 1 fully saturated rings. The van der Waals surface area contributed by atoms with E-state index in [1.165, 1.54) is 0 Å². The minimum absolute atomic E-state index is 0.0234. The zero-order valence-corrected chi connectivity index (χ0v) is 9.59. The summed E-state index contributed by atoms with van der Waals surface area (Å²) in [6, 6.07) is 0.902. The molecule has 1 aromatic rings. The predicted molar refractivity (Wildman–Crippen MR) is 59.0 cm³/mol. The van der Waals surface area contributed by atoms with Crippen LogP contribution >= 0.6 is 11.6 Å². The van der Waals surface area contributed by atoms with Gasteiger partial charge in [0, 0.05) is 25.2 Å². The second-order valence-electron chi connectivity index (χ2n) is 4.03. The second kappa shape index (κ2) is 4.34. The first-order chi connectivity index (χ1) is 7.91. The van der Waals surface area contributed by atoms with Crippen LogP contribution in [0.25, 0.3) is 0 Å². The van der Waals surface area contributed by atoms with Crippen LogP contribution in [0.5, 0.6) is 0 Å². The lowest BCUT2D eigenvalue weighted by Crippen LogP contribution is -2.50. The van der Waals surface area contributed by atoms with Gasteiger partial charge in [-0.2, -0.15) is 13.2 Å². The average molecular weight is 266 g/mol. The summed E-state index contributed by atoms with van der Waals surface area (Å²) in [6.07, 6.45) is -3.61. The number of aromatic nitrogens is 1. The molecule has 0 spiro atoms. The molecule has 17 heavy (non-hydrogen) atoms. The number of nitrogens with two attached hydrogens (primary N) is 1. The number of anilines is 1. The third-order valence-electron chi connectivity index (χ3n) is 2.74. The minimum atomic E-state index is -4.41. The lowest BCUT2D eigenvalue weighted by Gasteiger charge is -2.40. The number of hydrogen-bond acceptors (Lipinski definition) is 3. The topological polar surface area (TPSA) is 42.1 Å². The fourth-order valence-corrected chi connectivity index (χ4v) is 2.00. The maximum atomic E-state index is 12.4. The van der Waals surface area contributed by atoms with E-state index >= 15 is 0 Å². The third-order valence-corrected chi connectivity index (χ3v) is 3.02. The van der Waals surface area contributed by atoms with Gasteiger partial charge in [0.25, 0.3) is 0 Å². The Hall–Kier alpha value is -1.01. The van der Waals surface area contributed by atoms with Crippen molar-refractivity contribution in [2.24, 2.45) is 11.7 Å². The molecule has 0 aromatic carbocycles. The molecule has 1 aliphatic heterocycles. The molecule has 7 heteroatoms. The van der Waals surface area contributed by atoms with E-state index < -0.39 is 11.7 Å². The van der Waals surface area contributed by atoms with Gasteiger partial charge in [0.2, 0.25) is 0 Å². The Morgan fingerprint density at radius 2 is 2.12 bits per heavy atom. The lowest BCUT2D eigenvalue weighted by atomic mass is 10.0. The van der Waals surface area contributed by atoms with Crippen LogP contribution in [0.4, 0.5) is 19.0 Å². The zero-order chi connectivity index (χ0) is 12.6. The quantitative estimate of drug-likeness (QED) is 0.891. The molecule has 0 amide bonds. The molecular weight excluding hydrogens is 255 g/mol. The van der Waals surface area contributed by atoms with E-state index in [1.54, 1.807) is 0 Å². The first kappa shape index (κ1) is 12.4. The predicted octanol–water partition coefficient (Wildman–Crippen LogP) is 2.15. The van der Waals surface area contributed by atoms with E-state index in [4.69, 9.17) is 17.3 Å². The van der Waals surface area contributed by atoms with E-state index in [0.29, 0.717) is 31.4 Å². The molecule has 0 bridgehead atoms. The summed E-state index contributed by atoms with van der Waals surface area (Å²) in [5.41, 5.74) is 4.63. The summed E-state index contributed by atoms with van der Waals surface area (Å²) in [4.78, 5) is 5.59. The minimum Gasteiger partial charge on any atom is -0.355 e. The number of rotatable bonds is 2. The molecule has 2 rings (SSSR count). The van der Waals surface area contributed by atoms with Gasteiger partial charge in [-0.05, 0) is 12.6 Å². The summed E-state index contributed by atoms with van der Waals surface area (Å²) < 4.78 is 37.2. The van der Waals surface area contributed by atoms with E-state index in [2.05, 4.69) is 4.98 Å². The van der Waals surface area contributed by atoms with Crippen molar-refractivity contribution >= 4 is 17.4 Å². The van der Waals surface area contributed by atoms with E-state index in [0.717, 1.165) is 12.3 Å². The number of hydrogen-bond donors (Lipinski definition) is 1. The highest BCUT2D eigenvalue weighted by atomic mass is 35.5. The Labute approximate surface area is 101 Å². The third kappa shape index (κ3) is 2.47. The van der Waals surface area contributed by atoms with Gasteiger partial charge in [0.15, 0.2) is 0 Å². The maximum Gasteiger partial charge on any atom is 0.417 e. The van der Waals surface area contributed by atoms with Crippen LogP contribution < -0.4 is 10.6 Å². The number of halogens is 4. The largest absolute Gasteiger partial charge is 0.417 e. The Morgan fingerprint density at radius 1 is 1.47 bits per heavy atom. The van der Waals surface area contributed by atoms with Gasteiger partial charge in [0.05, 0.1) is 10.6 Å². The molecule has 0 atom stereocenters. The Kier molecular flexibility index (Phi) is 3.18. The monoisotopic (exact) mass is 265 g/mol. The number of nitrogens with zero attached hydrogens (tertiary/aromatic N) is 2. The first-order valence-corrected chi connectivity index (χ1v) is 5.47. The average Bonchev–Trinajstić information content (AvgIpc) is 2.17. The van der Waals surface area contributed by atoms with Crippen LogP contribution in [0.15, 0.2) is 12.3 Å². The van der Waals surface area contributed by atoms with Crippen molar-refractivity contribution < 1.29 is 13.2 Å². The van der Waals surface area contributed by atoms with Crippen LogP contribution in [0.1, 0.15) is 5.56 Å². The van der Waals surface area contributed by atoms with Crippen molar-refractivity contribution in [3.8, 4) is 0 Å². The van der Waals surface area contributed by atoms with E-state index in [1.807, 2.05) is 4.90 Å². The van der Waals surface area contributed by atoms with Crippen LogP contribution in [-0.4, -0.2) is 24.6 Å². The van der Waals surface area contributed by atoms with E-state index in [-0.39, 0.29) is 5.02 Å². The molecule has 2 N–H and O–H groups in total. The highest BCUT2D eigenvalue weighted by Crippen LogP contribution is 2.35. The maximum absolute atomic E-state index is 12.4. The molecular formula is C10H11ClF3N3. The van der Waals surface area contributed by atoms with Gasteiger partial charge in [-0.15, -0.1) is 0 Å². The molecule has 1 saturated heterocycles. The van der Waals surface area contributed by atoms with Gasteiger partial charge in [-0.25, -0.2) is 4.98 Å². The summed E-state index contributed by atoms with van der Waals surface area (Å²) in [5.74, 6) is 0.763. The molecule has 2 heterocycles. The van der Waals surface area contributed by atoms with Crippen LogP contribution in [0, 0.1) is 5.92 Å². The van der Waals surface area contributed by atoms with Crippen LogP contribution in [0.2, 0.25) is 5.02 Å². The first-order valence-electron chi connectivity index (χ1n) is 5.09. The Morgan fingerprint density at radius 3 is 2.59 bits per heavy atom. The molecule has 0 unspecified atom stereocenters. The molecule has 0 radical (unpaired) electrons. The van der Waals surface area contributed by atoms with Crippen molar-refractivity contribution in [3.63, 3.8) is 0 Å². The highest BCUT2D eigenvalue weighted by molar-refractivity contribution is 6.33. The molecule has 1 aliphatic rings. The van der Waals surface area contributed by atoms with Gasteiger partial charge in [-0.3, -0.25) is 0 Å². The fraction of sp³-hybridized carbons (Fsp3) is 0.500. The van der Waals surface area contributed by atoms with Crippen molar-refractivity contribution in [1.29, 1.82) is 0 Å². The normalized spacial score (nSPS) is 17.1. The standard InChI is InChI=1S/C10H11ClF3N3/c11-8-1-7(10(12,13)14)3-16-9(8)17-4-6(2-15)5-17/h1,3,6H,2,4-5,15H2. The van der Waals surface area contributed by atoms with Crippen molar-refractivity contribution in [1.82, 2.24) is 4.98 Å². The van der Waals surface area contributed by atoms with Crippen molar-refractivity contribution in [3.05, 3.63) is 22.8 Å². The Bertz CT molecular complexity index is 416.